The van der Waals surface area contributed by atoms with Gasteiger partial charge in [0.15, 0.2) is 5.76 Å². The van der Waals surface area contributed by atoms with Crippen LogP contribution in [0.4, 0.5) is 11.4 Å². The fourth-order valence-corrected chi connectivity index (χ4v) is 2.77. The molecule has 2 aromatic rings. The molecule has 1 aliphatic rings. The minimum atomic E-state index is -0.466. The summed E-state index contributed by atoms with van der Waals surface area (Å²) >= 11 is 0. The molecule has 0 spiro atoms. The summed E-state index contributed by atoms with van der Waals surface area (Å²) in [7, 11) is 0. The Kier molecular flexibility index (Phi) is 6.79. The van der Waals surface area contributed by atoms with Gasteiger partial charge in [0, 0.05) is 17.9 Å². The number of halogens is 1. The van der Waals surface area contributed by atoms with E-state index in [9.17, 15) is 9.59 Å². The number of benzene rings is 1. The molecule has 140 valence electrons. The van der Waals surface area contributed by atoms with E-state index in [2.05, 4.69) is 10.6 Å². The third-order valence-electron chi connectivity index (χ3n) is 4.15. The van der Waals surface area contributed by atoms with Crippen molar-refractivity contribution in [1.82, 2.24) is 0 Å². The number of hydrogen-bond acceptors (Lipinski definition) is 5. The summed E-state index contributed by atoms with van der Waals surface area (Å²) in [6, 6.07) is 8.52. The highest BCUT2D eigenvalue weighted by Gasteiger charge is 2.29. The van der Waals surface area contributed by atoms with E-state index in [1.165, 1.54) is 6.26 Å². The zero-order valence-electron chi connectivity index (χ0n) is 14.4. The molecule has 0 saturated carbocycles. The third kappa shape index (κ3) is 4.63. The maximum Gasteiger partial charge on any atom is 0.291 e. The van der Waals surface area contributed by atoms with Crippen molar-refractivity contribution in [2.45, 2.75) is 32.0 Å². The summed E-state index contributed by atoms with van der Waals surface area (Å²) in [5.41, 5.74) is 7.69. The van der Waals surface area contributed by atoms with Gasteiger partial charge in [0.05, 0.1) is 12.4 Å². The molecule has 2 amide bonds. The molecule has 1 aliphatic heterocycles. The molecule has 0 bridgehead atoms. The number of ether oxygens (including phenoxy) is 1. The van der Waals surface area contributed by atoms with Gasteiger partial charge in [0.25, 0.3) is 11.8 Å². The van der Waals surface area contributed by atoms with Crippen LogP contribution in [0.2, 0.25) is 0 Å². The third-order valence-corrected chi connectivity index (χ3v) is 4.15. The van der Waals surface area contributed by atoms with Gasteiger partial charge in [-0.15, -0.1) is 12.4 Å². The van der Waals surface area contributed by atoms with Crippen LogP contribution in [0.1, 0.15) is 29.0 Å². The molecule has 3 rings (SSSR count). The molecule has 4 N–H and O–H groups in total. The van der Waals surface area contributed by atoms with Crippen LogP contribution in [0.15, 0.2) is 41.0 Å². The first-order valence-corrected chi connectivity index (χ1v) is 8.18. The van der Waals surface area contributed by atoms with Gasteiger partial charge in [0.1, 0.15) is 6.10 Å². The van der Waals surface area contributed by atoms with Crippen LogP contribution in [0.25, 0.3) is 0 Å². The molecule has 0 aliphatic carbocycles. The van der Waals surface area contributed by atoms with Crippen LogP contribution in [0.3, 0.4) is 0 Å². The standard InChI is InChI=1S/C18H21N3O4.ClH/c1-11-9-12(20-18(23)16-7-5-13(10-19)25-16)4-6-14(11)21-17(22)15-3-2-8-24-15;/h2-4,6,8-9,13,16H,5,7,10,19H2,1H3,(H,20,23)(H,21,22);1H/t13-,16+;/m1./s1. The normalized spacial score (nSPS) is 18.8. The van der Waals surface area contributed by atoms with Crippen molar-refractivity contribution in [3.63, 3.8) is 0 Å². The number of carbonyl (C=O) groups excluding carboxylic acids is 2. The first-order chi connectivity index (χ1) is 12.1. The van der Waals surface area contributed by atoms with Crippen LogP contribution in [-0.4, -0.2) is 30.6 Å². The van der Waals surface area contributed by atoms with Crippen LogP contribution in [0.5, 0.6) is 0 Å². The van der Waals surface area contributed by atoms with Gasteiger partial charge in [-0.2, -0.15) is 0 Å². The lowest BCUT2D eigenvalue weighted by Gasteiger charge is -2.14. The molecular formula is C18H22ClN3O4. The summed E-state index contributed by atoms with van der Waals surface area (Å²) in [5, 5.41) is 5.62. The number of aryl methyl sites for hydroxylation is 1. The van der Waals surface area contributed by atoms with E-state index in [1.807, 2.05) is 6.92 Å². The van der Waals surface area contributed by atoms with E-state index >= 15 is 0 Å². The number of nitrogens with one attached hydrogen (secondary N) is 2. The number of hydrogen-bond donors (Lipinski definition) is 3. The molecular weight excluding hydrogens is 358 g/mol. The number of rotatable bonds is 5. The van der Waals surface area contributed by atoms with Crippen molar-refractivity contribution in [2.75, 3.05) is 17.2 Å². The monoisotopic (exact) mass is 379 g/mol. The average molecular weight is 380 g/mol. The van der Waals surface area contributed by atoms with E-state index in [4.69, 9.17) is 14.9 Å². The zero-order valence-corrected chi connectivity index (χ0v) is 15.2. The molecule has 1 aromatic carbocycles. The van der Waals surface area contributed by atoms with Gasteiger partial charge >= 0.3 is 0 Å². The summed E-state index contributed by atoms with van der Waals surface area (Å²) in [6.45, 7) is 2.27. The quantitative estimate of drug-likeness (QED) is 0.740. The van der Waals surface area contributed by atoms with Gasteiger partial charge in [-0.25, -0.2) is 0 Å². The van der Waals surface area contributed by atoms with Gasteiger partial charge in [-0.3, -0.25) is 9.59 Å². The van der Waals surface area contributed by atoms with Gasteiger partial charge in [-0.05, 0) is 55.7 Å². The van der Waals surface area contributed by atoms with Crippen molar-refractivity contribution in [3.05, 3.63) is 47.9 Å². The Hall–Kier alpha value is -2.35. The van der Waals surface area contributed by atoms with Crippen molar-refractivity contribution in [2.24, 2.45) is 5.73 Å². The Bertz CT molecular complexity index is 764. The lowest BCUT2D eigenvalue weighted by molar-refractivity contribution is -0.126. The van der Waals surface area contributed by atoms with E-state index in [0.29, 0.717) is 24.3 Å². The van der Waals surface area contributed by atoms with E-state index < -0.39 is 6.10 Å². The predicted molar refractivity (Wildman–Crippen MR) is 101 cm³/mol. The fourth-order valence-electron chi connectivity index (χ4n) is 2.77. The van der Waals surface area contributed by atoms with E-state index in [0.717, 1.165) is 12.0 Å². The highest BCUT2D eigenvalue weighted by molar-refractivity contribution is 6.03. The van der Waals surface area contributed by atoms with Crippen molar-refractivity contribution in [1.29, 1.82) is 0 Å². The van der Waals surface area contributed by atoms with Crippen LogP contribution >= 0.6 is 12.4 Å². The summed E-state index contributed by atoms with van der Waals surface area (Å²) in [6.07, 6.45) is 2.40. The minimum absolute atomic E-state index is 0. The molecule has 8 heteroatoms. The Morgan fingerprint density at radius 3 is 2.65 bits per heavy atom. The van der Waals surface area contributed by atoms with Crippen molar-refractivity contribution >= 4 is 35.6 Å². The molecule has 26 heavy (non-hydrogen) atoms. The SMILES string of the molecule is Cc1cc(NC(=O)[C@@H]2CC[C@H](CN)O2)ccc1NC(=O)c1ccco1.Cl. The van der Waals surface area contributed by atoms with Gasteiger partial charge < -0.3 is 25.5 Å². The minimum Gasteiger partial charge on any atom is -0.459 e. The average Bonchev–Trinajstić information content (AvgIpc) is 3.28. The summed E-state index contributed by atoms with van der Waals surface area (Å²) in [5.74, 6) is -0.260. The van der Waals surface area contributed by atoms with Crippen molar-refractivity contribution in [3.8, 4) is 0 Å². The highest BCUT2D eigenvalue weighted by atomic mass is 35.5. The number of nitrogens with two attached hydrogens (primary N) is 1. The first-order valence-electron chi connectivity index (χ1n) is 8.18. The number of furan rings is 1. The first kappa shape index (κ1) is 20.0. The molecule has 2 atom stereocenters. The zero-order chi connectivity index (χ0) is 17.8. The molecule has 7 nitrogen and oxygen atoms in total. The lowest BCUT2D eigenvalue weighted by atomic mass is 10.1. The maximum absolute atomic E-state index is 12.2. The lowest BCUT2D eigenvalue weighted by Crippen LogP contribution is -2.29. The maximum atomic E-state index is 12.2. The Balaban J connectivity index is 0.00000243. The van der Waals surface area contributed by atoms with Gasteiger partial charge in [0.2, 0.25) is 0 Å². The van der Waals surface area contributed by atoms with Gasteiger partial charge in [-0.1, -0.05) is 0 Å². The summed E-state index contributed by atoms with van der Waals surface area (Å²) in [4.78, 5) is 24.3. The number of carbonyl (C=O) groups is 2. The van der Waals surface area contributed by atoms with Crippen molar-refractivity contribution < 1.29 is 18.7 Å². The molecule has 1 saturated heterocycles. The second kappa shape index (κ2) is 8.84. The Labute approximate surface area is 157 Å². The fraction of sp³-hybridized carbons (Fsp3) is 0.333. The van der Waals surface area contributed by atoms with E-state index in [1.54, 1.807) is 30.3 Å². The second-order valence-electron chi connectivity index (χ2n) is 6.01. The highest BCUT2D eigenvalue weighted by Crippen LogP contribution is 2.23. The number of anilines is 2. The molecule has 0 radical (unpaired) electrons. The second-order valence-corrected chi connectivity index (χ2v) is 6.01. The summed E-state index contributed by atoms with van der Waals surface area (Å²) < 4.78 is 10.7. The molecule has 2 heterocycles. The molecule has 0 unspecified atom stereocenters. The molecule has 1 aromatic heterocycles. The smallest absolute Gasteiger partial charge is 0.291 e. The van der Waals surface area contributed by atoms with Crippen LogP contribution in [-0.2, 0) is 9.53 Å². The topological polar surface area (TPSA) is 107 Å². The Morgan fingerprint density at radius 1 is 1.23 bits per heavy atom. The predicted octanol–water partition coefficient (Wildman–Crippen LogP) is 2.71. The Morgan fingerprint density at radius 2 is 2.04 bits per heavy atom. The number of amides is 2. The van der Waals surface area contributed by atoms with Crippen LogP contribution in [0, 0.1) is 6.92 Å². The molecule has 1 fully saturated rings. The van der Waals surface area contributed by atoms with E-state index in [-0.39, 0.29) is 36.1 Å². The van der Waals surface area contributed by atoms with Crippen LogP contribution < -0.4 is 16.4 Å². The largest absolute Gasteiger partial charge is 0.459 e.